The van der Waals surface area contributed by atoms with E-state index in [-0.39, 0.29) is 18.5 Å². The number of aliphatic hydroxyl groups is 1. The van der Waals surface area contributed by atoms with Crippen LogP contribution in [0.1, 0.15) is 32.0 Å². The molecule has 1 atom stereocenters. The first-order chi connectivity index (χ1) is 16.6. The summed E-state index contributed by atoms with van der Waals surface area (Å²) >= 11 is 5.96. The normalized spacial score (nSPS) is 12.4. The Labute approximate surface area is 207 Å². The number of nitrogen functional groups attached to an aromatic ring is 1. The maximum absolute atomic E-state index is 10.1. The van der Waals surface area contributed by atoms with Gasteiger partial charge in [-0.15, -0.1) is 0 Å². The van der Waals surface area contributed by atoms with Crippen LogP contribution in [0.3, 0.4) is 0 Å². The Morgan fingerprint density at radius 1 is 1.23 bits per heavy atom. The van der Waals surface area contributed by atoms with Crippen molar-refractivity contribution in [2.45, 2.75) is 45.4 Å². The molecule has 0 bridgehead atoms. The Bertz CT molecular complexity index is 1390. The fourth-order valence-electron chi connectivity index (χ4n) is 3.50. The minimum atomic E-state index is -1.22. The summed E-state index contributed by atoms with van der Waals surface area (Å²) in [6.07, 6.45) is 0.611. The van der Waals surface area contributed by atoms with Gasteiger partial charge in [-0.3, -0.25) is 0 Å². The number of hydrogen-bond acceptors (Lipinski definition) is 9. The molecule has 0 spiro atoms. The Hall–Kier alpha value is -3.65. The molecule has 5 N–H and O–H groups in total. The number of anilines is 1. The predicted octanol–water partition coefficient (Wildman–Crippen LogP) is 2.81. The van der Waals surface area contributed by atoms with Gasteiger partial charge in [0.1, 0.15) is 23.4 Å². The van der Waals surface area contributed by atoms with E-state index in [1.54, 1.807) is 19.9 Å². The second-order valence-electron chi connectivity index (χ2n) is 8.57. The molecule has 182 valence electrons. The van der Waals surface area contributed by atoms with Gasteiger partial charge in [0, 0.05) is 23.7 Å². The van der Waals surface area contributed by atoms with Crippen LogP contribution in [0.25, 0.3) is 22.6 Å². The monoisotopic (exact) mass is 495 g/mol. The molecule has 4 rings (SSSR count). The minimum Gasteiger partial charge on any atom is -0.476 e. The molecule has 0 amide bonds. The molecule has 3 heterocycles. The molecule has 0 aliphatic rings. The Balaban J connectivity index is 1.69. The SMILES string of the molecule is CCn1c(-c2nonc2N)nc2c(C#CC(C)(C)O)nc(OC[C@H](N)Cc3ccc(Cl)cc3)cc21. The smallest absolute Gasteiger partial charge is 0.216 e. The molecule has 0 saturated carbocycles. The summed E-state index contributed by atoms with van der Waals surface area (Å²) in [5, 5.41) is 18.3. The van der Waals surface area contributed by atoms with E-state index in [1.165, 1.54) is 0 Å². The fourth-order valence-corrected chi connectivity index (χ4v) is 3.62. The van der Waals surface area contributed by atoms with E-state index in [2.05, 4.69) is 32.1 Å². The number of hydrogen-bond donors (Lipinski definition) is 3. The second kappa shape index (κ2) is 9.92. The van der Waals surface area contributed by atoms with Gasteiger partial charge in [-0.25, -0.2) is 14.6 Å². The summed E-state index contributed by atoms with van der Waals surface area (Å²) in [7, 11) is 0. The lowest BCUT2D eigenvalue weighted by Gasteiger charge is -2.14. The van der Waals surface area contributed by atoms with Crippen molar-refractivity contribution in [1.29, 1.82) is 0 Å². The van der Waals surface area contributed by atoms with Crippen molar-refractivity contribution >= 4 is 28.5 Å². The topological polar surface area (TPSA) is 151 Å². The Morgan fingerprint density at radius 2 is 1.97 bits per heavy atom. The van der Waals surface area contributed by atoms with E-state index < -0.39 is 5.60 Å². The summed E-state index contributed by atoms with van der Waals surface area (Å²) in [5.41, 5.74) is 13.9. The van der Waals surface area contributed by atoms with E-state index in [4.69, 9.17) is 32.4 Å². The highest BCUT2D eigenvalue weighted by atomic mass is 35.5. The van der Waals surface area contributed by atoms with E-state index in [0.717, 1.165) is 5.56 Å². The van der Waals surface area contributed by atoms with Crippen LogP contribution in [0.5, 0.6) is 5.88 Å². The van der Waals surface area contributed by atoms with Crippen LogP contribution in [0.2, 0.25) is 5.02 Å². The van der Waals surface area contributed by atoms with Crippen LogP contribution in [0.4, 0.5) is 5.82 Å². The molecule has 4 aromatic rings. The van der Waals surface area contributed by atoms with Crippen molar-refractivity contribution in [1.82, 2.24) is 24.8 Å². The number of imidazole rings is 1. The number of nitrogens with zero attached hydrogens (tertiary/aromatic N) is 5. The number of benzene rings is 1. The summed E-state index contributed by atoms with van der Waals surface area (Å²) in [5.74, 6) is 6.62. The van der Waals surface area contributed by atoms with Crippen molar-refractivity contribution in [2.75, 3.05) is 12.3 Å². The standard InChI is InChI=1S/C24H26ClN7O3/c1-4-32-18-12-19(34-13-16(26)11-14-5-7-15(25)8-6-14)28-17(9-10-24(2,3)33)20(18)29-23(32)21-22(27)31-35-30-21/h5-8,12,16,33H,4,11,13,26H2,1-3H3,(H2,27,31)/t16-/m1/s1. The number of halogens is 1. The number of pyridine rings is 1. The lowest BCUT2D eigenvalue weighted by molar-refractivity contribution is 0.143. The molecular weight excluding hydrogens is 470 g/mol. The van der Waals surface area contributed by atoms with Gasteiger partial charge >= 0.3 is 0 Å². The summed E-state index contributed by atoms with van der Waals surface area (Å²) in [6.45, 7) is 5.92. The average molecular weight is 496 g/mol. The zero-order chi connectivity index (χ0) is 25.2. The summed E-state index contributed by atoms with van der Waals surface area (Å²) < 4.78 is 12.6. The molecule has 1 aromatic carbocycles. The van der Waals surface area contributed by atoms with Crippen molar-refractivity contribution in [3.8, 4) is 29.2 Å². The van der Waals surface area contributed by atoms with Crippen molar-refractivity contribution in [3.63, 3.8) is 0 Å². The predicted molar refractivity (Wildman–Crippen MR) is 133 cm³/mol. The molecule has 0 unspecified atom stereocenters. The first-order valence-electron chi connectivity index (χ1n) is 11.0. The molecule has 0 aliphatic heterocycles. The van der Waals surface area contributed by atoms with Crippen molar-refractivity contribution < 1.29 is 14.5 Å². The lowest BCUT2D eigenvalue weighted by atomic mass is 10.1. The highest BCUT2D eigenvalue weighted by molar-refractivity contribution is 6.30. The van der Waals surface area contributed by atoms with Gasteiger partial charge in [0.15, 0.2) is 17.3 Å². The molecule has 10 nitrogen and oxygen atoms in total. The molecule has 35 heavy (non-hydrogen) atoms. The molecule has 11 heteroatoms. The van der Waals surface area contributed by atoms with Crippen LogP contribution in [0.15, 0.2) is 35.0 Å². The molecule has 0 aliphatic carbocycles. The molecule has 0 fully saturated rings. The zero-order valence-corrected chi connectivity index (χ0v) is 20.4. The zero-order valence-electron chi connectivity index (χ0n) is 19.6. The first-order valence-corrected chi connectivity index (χ1v) is 11.4. The van der Waals surface area contributed by atoms with Gasteiger partial charge < -0.3 is 25.9 Å². The maximum atomic E-state index is 10.1. The molecule has 3 aromatic heterocycles. The molecule has 0 radical (unpaired) electrons. The van der Waals surface area contributed by atoms with Gasteiger partial charge in [-0.05, 0) is 61.1 Å². The highest BCUT2D eigenvalue weighted by Gasteiger charge is 2.22. The summed E-state index contributed by atoms with van der Waals surface area (Å²) in [6, 6.07) is 9.02. The highest BCUT2D eigenvalue weighted by Crippen LogP contribution is 2.30. The van der Waals surface area contributed by atoms with Gasteiger partial charge in [-0.2, -0.15) is 0 Å². The number of nitrogens with two attached hydrogens (primary N) is 2. The number of aryl methyl sites for hydroxylation is 1. The van der Waals surface area contributed by atoms with Gasteiger partial charge in [0.05, 0.1) is 5.52 Å². The van der Waals surface area contributed by atoms with Crippen LogP contribution in [-0.4, -0.2) is 48.2 Å². The van der Waals surface area contributed by atoms with Crippen molar-refractivity contribution in [2.24, 2.45) is 5.73 Å². The Morgan fingerprint density at radius 3 is 2.60 bits per heavy atom. The number of rotatable bonds is 7. The first kappa shape index (κ1) is 24.5. The lowest BCUT2D eigenvalue weighted by Crippen LogP contribution is -2.30. The molecular formula is C24H26ClN7O3. The van der Waals surface area contributed by atoms with Gasteiger partial charge in [0.25, 0.3) is 0 Å². The third-order valence-electron chi connectivity index (χ3n) is 5.10. The minimum absolute atomic E-state index is 0.122. The van der Waals surface area contributed by atoms with E-state index in [9.17, 15) is 5.11 Å². The largest absolute Gasteiger partial charge is 0.476 e. The van der Waals surface area contributed by atoms with Crippen LogP contribution < -0.4 is 16.2 Å². The number of aromatic nitrogens is 5. The number of fused-ring (bicyclic) bond motifs is 1. The van der Waals surface area contributed by atoms with Crippen LogP contribution >= 0.6 is 11.6 Å². The van der Waals surface area contributed by atoms with Crippen molar-refractivity contribution in [3.05, 3.63) is 46.6 Å². The number of ether oxygens (including phenoxy) is 1. The van der Waals surface area contributed by atoms with Gasteiger partial charge in [0.2, 0.25) is 5.88 Å². The third-order valence-corrected chi connectivity index (χ3v) is 5.35. The fraction of sp³-hybridized carbons (Fsp3) is 0.333. The summed E-state index contributed by atoms with van der Waals surface area (Å²) in [4.78, 5) is 9.21. The quantitative estimate of drug-likeness (QED) is 0.328. The maximum Gasteiger partial charge on any atom is 0.216 e. The van der Waals surface area contributed by atoms with E-state index in [0.29, 0.717) is 52.1 Å². The molecule has 0 saturated heterocycles. The average Bonchev–Trinajstić information content (AvgIpc) is 3.39. The second-order valence-corrected chi connectivity index (χ2v) is 9.00. The van der Waals surface area contributed by atoms with Crippen LogP contribution in [-0.2, 0) is 13.0 Å². The van der Waals surface area contributed by atoms with E-state index in [1.807, 2.05) is 35.8 Å². The van der Waals surface area contributed by atoms with Crippen LogP contribution in [0, 0.1) is 11.8 Å². The van der Waals surface area contributed by atoms with Gasteiger partial charge in [-0.1, -0.05) is 29.7 Å². The Kier molecular flexibility index (Phi) is 6.93. The van der Waals surface area contributed by atoms with E-state index >= 15 is 0 Å². The third kappa shape index (κ3) is 5.71.